The molecule has 2 aliphatic heterocycles. The highest BCUT2D eigenvalue weighted by Gasteiger charge is 2.43. The van der Waals surface area contributed by atoms with Crippen molar-refractivity contribution >= 4 is 0 Å². The number of rotatable bonds is 5. The van der Waals surface area contributed by atoms with Crippen LogP contribution in [0.2, 0.25) is 0 Å². The first-order chi connectivity index (χ1) is 9.67. The van der Waals surface area contributed by atoms with Gasteiger partial charge >= 0.3 is 0 Å². The van der Waals surface area contributed by atoms with Crippen LogP contribution in [0.5, 0.6) is 0 Å². The zero-order valence-electron chi connectivity index (χ0n) is 12.9. The molecular weight excluding hydrogens is 246 g/mol. The molecule has 1 aromatic rings. The van der Waals surface area contributed by atoms with Crippen LogP contribution in [0.3, 0.4) is 0 Å². The van der Waals surface area contributed by atoms with E-state index in [-0.39, 0.29) is 0 Å². The quantitative estimate of drug-likeness (QED) is 0.886. The summed E-state index contributed by atoms with van der Waals surface area (Å²) >= 11 is 0. The van der Waals surface area contributed by atoms with Gasteiger partial charge in [-0.3, -0.25) is 0 Å². The van der Waals surface area contributed by atoms with Crippen LogP contribution < -0.4 is 5.32 Å². The molecule has 2 saturated heterocycles. The fourth-order valence-corrected chi connectivity index (χ4v) is 3.86. The predicted octanol–water partition coefficient (Wildman–Crippen LogP) is 3.51. The molecule has 3 rings (SSSR count). The van der Waals surface area contributed by atoms with Gasteiger partial charge in [0.2, 0.25) is 0 Å². The van der Waals surface area contributed by atoms with Crippen molar-refractivity contribution in [3.05, 3.63) is 35.4 Å². The van der Waals surface area contributed by atoms with Crippen molar-refractivity contribution in [3.63, 3.8) is 0 Å². The molecule has 0 aromatic heterocycles. The largest absolute Gasteiger partial charge is 0.375 e. The first-order valence-corrected chi connectivity index (χ1v) is 8.09. The van der Waals surface area contributed by atoms with Gasteiger partial charge in [-0.25, -0.2) is 0 Å². The molecule has 2 nitrogen and oxygen atoms in total. The maximum absolute atomic E-state index is 6.02. The lowest BCUT2D eigenvalue weighted by Crippen LogP contribution is -2.40. The predicted molar refractivity (Wildman–Crippen MR) is 83.1 cm³/mol. The molecule has 20 heavy (non-hydrogen) atoms. The summed E-state index contributed by atoms with van der Waals surface area (Å²) in [6.45, 7) is 4.50. The van der Waals surface area contributed by atoms with Crippen LogP contribution in [0, 0.1) is 5.92 Å². The zero-order valence-corrected chi connectivity index (χ0v) is 12.9. The Labute approximate surface area is 122 Å². The van der Waals surface area contributed by atoms with E-state index in [0.717, 1.165) is 6.42 Å². The van der Waals surface area contributed by atoms with Gasteiger partial charge in [0.05, 0.1) is 12.2 Å². The zero-order chi connectivity index (χ0) is 14.1. The molecule has 110 valence electrons. The number of fused-ring (bicyclic) bond motifs is 2. The lowest BCUT2D eigenvalue weighted by molar-refractivity contribution is 0.0863. The number of benzene rings is 1. The van der Waals surface area contributed by atoms with Gasteiger partial charge in [0.25, 0.3) is 0 Å². The molecule has 0 aliphatic carbocycles. The number of ether oxygens (including phenoxy) is 1. The van der Waals surface area contributed by atoms with Crippen molar-refractivity contribution < 1.29 is 4.74 Å². The lowest BCUT2D eigenvalue weighted by Gasteiger charge is -2.28. The Morgan fingerprint density at radius 3 is 2.45 bits per heavy atom. The Morgan fingerprint density at radius 1 is 1.20 bits per heavy atom. The maximum atomic E-state index is 6.02. The van der Waals surface area contributed by atoms with Crippen molar-refractivity contribution in [1.82, 2.24) is 5.32 Å². The standard InChI is InChI=1S/C18H27NO/c1-12(2)14-6-4-13(5-7-14)10-17(19-3)16-11-15-8-9-18(16)20-15/h4-7,12,15-19H,8-11H2,1-3H3. The number of nitrogens with one attached hydrogen (secondary N) is 1. The second kappa shape index (κ2) is 5.87. The highest BCUT2D eigenvalue weighted by Crippen LogP contribution is 2.41. The second-order valence-corrected chi connectivity index (χ2v) is 6.77. The molecule has 2 bridgehead atoms. The Morgan fingerprint density at radius 2 is 1.95 bits per heavy atom. The van der Waals surface area contributed by atoms with E-state index in [2.05, 4.69) is 50.5 Å². The van der Waals surface area contributed by atoms with E-state index in [1.54, 1.807) is 0 Å². The van der Waals surface area contributed by atoms with E-state index in [4.69, 9.17) is 4.74 Å². The van der Waals surface area contributed by atoms with Gasteiger partial charge < -0.3 is 10.1 Å². The SMILES string of the molecule is CNC(Cc1ccc(C(C)C)cc1)C1CC2CCC1O2. The van der Waals surface area contributed by atoms with Crippen LogP contribution in [0.1, 0.15) is 50.2 Å². The summed E-state index contributed by atoms with van der Waals surface area (Å²) in [4.78, 5) is 0. The molecule has 0 amide bonds. The molecular formula is C18H27NO. The van der Waals surface area contributed by atoms with Gasteiger partial charge in [-0.1, -0.05) is 38.1 Å². The Kier molecular flexibility index (Phi) is 4.13. The van der Waals surface area contributed by atoms with Gasteiger partial charge in [0.1, 0.15) is 0 Å². The summed E-state index contributed by atoms with van der Waals surface area (Å²) in [6.07, 6.45) is 5.96. The topological polar surface area (TPSA) is 21.3 Å². The molecule has 1 aromatic carbocycles. The minimum Gasteiger partial charge on any atom is -0.375 e. The van der Waals surface area contributed by atoms with Crippen molar-refractivity contribution in [1.29, 1.82) is 0 Å². The number of likely N-dealkylation sites (N-methyl/N-ethyl adjacent to an activating group) is 1. The van der Waals surface area contributed by atoms with E-state index < -0.39 is 0 Å². The molecule has 2 heteroatoms. The normalized spacial score (nSPS) is 30.1. The Hall–Kier alpha value is -0.860. The molecule has 4 unspecified atom stereocenters. The van der Waals surface area contributed by atoms with Crippen LogP contribution in [0.4, 0.5) is 0 Å². The van der Waals surface area contributed by atoms with E-state index in [1.165, 1.54) is 30.4 Å². The van der Waals surface area contributed by atoms with Crippen LogP contribution in [0.25, 0.3) is 0 Å². The molecule has 4 atom stereocenters. The summed E-state index contributed by atoms with van der Waals surface area (Å²) in [5.74, 6) is 1.31. The third kappa shape index (κ3) is 2.77. The van der Waals surface area contributed by atoms with Crippen molar-refractivity contribution in [2.75, 3.05) is 7.05 Å². The average Bonchev–Trinajstić information content (AvgIpc) is 3.08. The van der Waals surface area contributed by atoms with Crippen LogP contribution in [-0.2, 0) is 11.2 Å². The first kappa shape index (κ1) is 14.1. The van der Waals surface area contributed by atoms with E-state index in [9.17, 15) is 0 Å². The highest BCUT2D eigenvalue weighted by molar-refractivity contribution is 5.25. The third-order valence-corrected chi connectivity index (χ3v) is 5.14. The van der Waals surface area contributed by atoms with Gasteiger partial charge in [-0.2, -0.15) is 0 Å². The summed E-state index contributed by atoms with van der Waals surface area (Å²) in [5.41, 5.74) is 2.87. The van der Waals surface area contributed by atoms with Gasteiger partial charge in [0, 0.05) is 12.0 Å². The lowest BCUT2D eigenvalue weighted by atomic mass is 9.81. The molecule has 2 fully saturated rings. The van der Waals surface area contributed by atoms with E-state index in [0.29, 0.717) is 30.1 Å². The third-order valence-electron chi connectivity index (χ3n) is 5.14. The van der Waals surface area contributed by atoms with Gasteiger partial charge in [-0.15, -0.1) is 0 Å². The van der Waals surface area contributed by atoms with Crippen LogP contribution in [0.15, 0.2) is 24.3 Å². The number of hydrogen-bond donors (Lipinski definition) is 1. The summed E-state index contributed by atoms with van der Waals surface area (Å²) < 4.78 is 6.02. The molecule has 2 heterocycles. The van der Waals surface area contributed by atoms with Gasteiger partial charge in [0.15, 0.2) is 0 Å². The molecule has 0 saturated carbocycles. The smallest absolute Gasteiger partial charge is 0.0623 e. The highest BCUT2D eigenvalue weighted by atomic mass is 16.5. The van der Waals surface area contributed by atoms with E-state index >= 15 is 0 Å². The van der Waals surface area contributed by atoms with Crippen molar-refractivity contribution in [2.24, 2.45) is 5.92 Å². The molecule has 0 spiro atoms. The fraction of sp³-hybridized carbons (Fsp3) is 0.667. The van der Waals surface area contributed by atoms with Crippen molar-refractivity contribution in [2.45, 2.75) is 63.7 Å². The van der Waals surface area contributed by atoms with E-state index in [1.807, 2.05) is 0 Å². The average molecular weight is 273 g/mol. The van der Waals surface area contributed by atoms with Crippen molar-refractivity contribution in [3.8, 4) is 0 Å². The molecule has 0 radical (unpaired) electrons. The Bertz CT molecular complexity index is 439. The van der Waals surface area contributed by atoms with Gasteiger partial charge in [-0.05, 0) is 49.8 Å². The molecule has 1 N–H and O–H groups in total. The second-order valence-electron chi connectivity index (χ2n) is 6.77. The minimum absolute atomic E-state index is 0.507. The monoisotopic (exact) mass is 273 g/mol. The minimum atomic E-state index is 0.507. The molecule has 2 aliphatic rings. The van der Waals surface area contributed by atoms with Crippen LogP contribution in [-0.4, -0.2) is 25.3 Å². The summed E-state index contributed by atoms with van der Waals surface area (Å²) in [7, 11) is 2.10. The summed E-state index contributed by atoms with van der Waals surface area (Å²) in [5, 5.41) is 3.53. The van der Waals surface area contributed by atoms with Crippen LogP contribution >= 0.6 is 0 Å². The maximum Gasteiger partial charge on any atom is 0.0623 e. The Balaban J connectivity index is 1.65. The number of hydrogen-bond acceptors (Lipinski definition) is 2. The summed E-state index contributed by atoms with van der Waals surface area (Å²) in [6, 6.07) is 9.71. The fourth-order valence-electron chi connectivity index (χ4n) is 3.86. The first-order valence-electron chi connectivity index (χ1n) is 8.09.